The zero-order valence-electron chi connectivity index (χ0n) is 13.4. The van der Waals surface area contributed by atoms with E-state index >= 15 is 0 Å². The SMILES string of the molecule is CCCCCCCCCC(=O)O[C@@H]1CO[C@H]([C@H](O)CO)[C@@H]1O. The molecular formula is C16H30O6. The van der Waals surface area contributed by atoms with E-state index in [2.05, 4.69) is 6.92 Å². The van der Waals surface area contributed by atoms with Crippen LogP contribution in [-0.2, 0) is 14.3 Å². The molecule has 0 saturated carbocycles. The molecule has 0 aromatic carbocycles. The molecule has 6 nitrogen and oxygen atoms in total. The van der Waals surface area contributed by atoms with E-state index < -0.39 is 31.0 Å². The lowest BCUT2D eigenvalue weighted by Crippen LogP contribution is -2.41. The number of esters is 1. The zero-order valence-corrected chi connectivity index (χ0v) is 13.4. The van der Waals surface area contributed by atoms with Gasteiger partial charge in [0.15, 0.2) is 6.10 Å². The van der Waals surface area contributed by atoms with Crippen molar-refractivity contribution >= 4 is 5.97 Å². The highest BCUT2D eigenvalue weighted by atomic mass is 16.6. The summed E-state index contributed by atoms with van der Waals surface area (Å²) in [7, 11) is 0. The monoisotopic (exact) mass is 318 g/mol. The second kappa shape index (κ2) is 10.9. The van der Waals surface area contributed by atoms with Crippen LogP contribution in [0.15, 0.2) is 0 Å². The van der Waals surface area contributed by atoms with Gasteiger partial charge in [-0.05, 0) is 6.42 Å². The number of unbranched alkanes of at least 4 members (excludes halogenated alkanes) is 6. The molecule has 0 radical (unpaired) electrons. The van der Waals surface area contributed by atoms with Crippen LogP contribution in [0.3, 0.4) is 0 Å². The number of carbonyl (C=O) groups is 1. The molecule has 0 aromatic heterocycles. The van der Waals surface area contributed by atoms with Gasteiger partial charge < -0.3 is 24.8 Å². The standard InChI is InChI=1S/C16H30O6/c1-2-3-4-5-6-7-8-9-14(19)22-13-11-21-16(15(13)20)12(18)10-17/h12-13,15-18,20H,2-11H2,1H3/t12-,13-,15-,16-/m1/s1. The van der Waals surface area contributed by atoms with Crippen LogP contribution in [0.2, 0.25) is 0 Å². The highest BCUT2D eigenvalue weighted by Gasteiger charge is 2.42. The molecule has 1 fully saturated rings. The second-order valence-corrected chi connectivity index (χ2v) is 5.94. The number of carbonyl (C=O) groups excluding carboxylic acids is 1. The van der Waals surface area contributed by atoms with Gasteiger partial charge in [-0.25, -0.2) is 0 Å². The molecule has 6 heteroatoms. The van der Waals surface area contributed by atoms with Crippen molar-refractivity contribution in [2.45, 2.75) is 82.7 Å². The summed E-state index contributed by atoms with van der Waals surface area (Å²) in [6.07, 6.45) is 4.29. The van der Waals surface area contributed by atoms with Gasteiger partial charge in [0.05, 0.1) is 13.2 Å². The molecule has 1 aliphatic heterocycles. The smallest absolute Gasteiger partial charge is 0.306 e. The Morgan fingerprint density at radius 2 is 1.86 bits per heavy atom. The lowest BCUT2D eigenvalue weighted by molar-refractivity contribution is -0.153. The summed E-state index contributed by atoms with van der Waals surface area (Å²) in [5, 5.41) is 28.2. The largest absolute Gasteiger partial charge is 0.457 e. The van der Waals surface area contributed by atoms with E-state index in [1.54, 1.807) is 0 Å². The van der Waals surface area contributed by atoms with E-state index in [4.69, 9.17) is 14.6 Å². The molecule has 1 heterocycles. The van der Waals surface area contributed by atoms with Crippen LogP contribution in [0.25, 0.3) is 0 Å². The summed E-state index contributed by atoms with van der Waals surface area (Å²) in [6.45, 7) is 1.73. The average Bonchev–Trinajstić information content (AvgIpc) is 2.86. The van der Waals surface area contributed by atoms with E-state index in [1.807, 2.05) is 0 Å². The average molecular weight is 318 g/mol. The minimum Gasteiger partial charge on any atom is -0.457 e. The van der Waals surface area contributed by atoms with Crippen LogP contribution in [0, 0.1) is 0 Å². The van der Waals surface area contributed by atoms with E-state index in [1.165, 1.54) is 25.7 Å². The maximum Gasteiger partial charge on any atom is 0.306 e. The minimum absolute atomic E-state index is 0.0473. The van der Waals surface area contributed by atoms with Crippen molar-refractivity contribution in [3.05, 3.63) is 0 Å². The van der Waals surface area contributed by atoms with E-state index in [-0.39, 0.29) is 12.6 Å². The molecule has 0 aliphatic carbocycles. The third-order valence-electron chi connectivity index (χ3n) is 4.00. The first kappa shape index (κ1) is 19.4. The highest BCUT2D eigenvalue weighted by molar-refractivity contribution is 5.69. The van der Waals surface area contributed by atoms with Crippen LogP contribution in [0.4, 0.5) is 0 Å². The van der Waals surface area contributed by atoms with Gasteiger partial charge in [0.25, 0.3) is 0 Å². The molecule has 1 saturated heterocycles. The summed E-state index contributed by atoms with van der Waals surface area (Å²) >= 11 is 0. The van der Waals surface area contributed by atoms with Gasteiger partial charge in [-0.3, -0.25) is 4.79 Å². The maximum absolute atomic E-state index is 11.7. The third-order valence-corrected chi connectivity index (χ3v) is 4.00. The van der Waals surface area contributed by atoms with Crippen LogP contribution in [0.1, 0.15) is 58.3 Å². The number of rotatable bonds is 11. The first-order valence-electron chi connectivity index (χ1n) is 8.38. The van der Waals surface area contributed by atoms with E-state index in [0.29, 0.717) is 6.42 Å². The van der Waals surface area contributed by atoms with Crippen molar-refractivity contribution in [1.82, 2.24) is 0 Å². The number of hydrogen-bond donors (Lipinski definition) is 3. The molecule has 130 valence electrons. The summed E-state index contributed by atoms with van der Waals surface area (Å²) in [6, 6.07) is 0. The first-order valence-corrected chi connectivity index (χ1v) is 8.38. The predicted octanol–water partition coefficient (Wildman–Crippen LogP) is 1.15. The fourth-order valence-electron chi connectivity index (χ4n) is 2.62. The van der Waals surface area contributed by atoms with Crippen LogP contribution in [0.5, 0.6) is 0 Å². The van der Waals surface area contributed by atoms with Crippen LogP contribution in [-0.4, -0.2) is 58.9 Å². The van der Waals surface area contributed by atoms with E-state index in [0.717, 1.165) is 19.3 Å². The van der Waals surface area contributed by atoms with Gasteiger partial charge in [-0.2, -0.15) is 0 Å². The fourth-order valence-corrected chi connectivity index (χ4v) is 2.62. The van der Waals surface area contributed by atoms with Crippen molar-refractivity contribution in [3.63, 3.8) is 0 Å². The maximum atomic E-state index is 11.7. The highest BCUT2D eigenvalue weighted by Crippen LogP contribution is 2.21. The number of aliphatic hydroxyl groups is 3. The lowest BCUT2D eigenvalue weighted by atomic mass is 10.1. The summed E-state index contributed by atoms with van der Waals surface area (Å²) in [5.74, 6) is -0.347. The Morgan fingerprint density at radius 1 is 1.23 bits per heavy atom. The van der Waals surface area contributed by atoms with Crippen molar-refractivity contribution in [2.24, 2.45) is 0 Å². The summed E-state index contributed by atoms with van der Waals surface area (Å²) < 4.78 is 10.4. The molecule has 1 rings (SSSR count). The van der Waals surface area contributed by atoms with Crippen molar-refractivity contribution in [2.75, 3.05) is 13.2 Å². The number of hydrogen-bond acceptors (Lipinski definition) is 6. The molecule has 22 heavy (non-hydrogen) atoms. The van der Waals surface area contributed by atoms with E-state index in [9.17, 15) is 15.0 Å². The Hall–Kier alpha value is -0.690. The molecular weight excluding hydrogens is 288 g/mol. The van der Waals surface area contributed by atoms with Gasteiger partial charge in [0.2, 0.25) is 0 Å². The van der Waals surface area contributed by atoms with Gasteiger partial charge in [-0.15, -0.1) is 0 Å². The number of ether oxygens (including phenoxy) is 2. The zero-order chi connectivity index (χ0) is 16.4. The second-order valence-electron chi connectivity index (χ2n) is 5.94. The Morgan fingerprint density at radius 3 is 2.50 bits per heavy atom. The Kier molecular flexibility index (Phi) is 9.63. The quantitative estimate of drug-likeness (QED) is 0.391. The Labute approximate surface area is 132 Å². The molecule has 0 amide bonds. The topological polar surface area (TPSA) is 96.2 Å². The normalized spacial score (nSPS) is 26.1. The Bertz CT molecular complexity index is 309. The van der Waals surface area contributed by atoms with Crippen molar-refractivity contribution in [1.29, 1.82) is 0 Å². The molecule has 0 spiro atoms. The fraction of sp³-hybridized carbons (Fsp3) is 0.938. The third kappa shape index (κ3) is 6.60. The van der Waals surface area contributed by atoms with Gasteiger partial charge in [0, 0.05) is 6.42 Å². The van der Waals surface area contributed by atoms with Crippen LogP contribution < -0.4 is 0 Å². The Balaban J connectivity index is 2.12. The first-order chi connectivity index (χ1) is 10.6. The van der Waals surface area contributed by atoms with Crippen molar-refractivity contribution < 1.29 is 29.6 Å². The summed E-state index contributed by atoms with van der Waals surface area (Å²) in [4.78, 5) is 11.7. The number of aliphatic hydroxyl groups excluding tert-OH is 3. The van der Waals surface area contributed by atoms with Crippen LogP contribution >= 0.6 is 0 Å². The molecule has 0 unspecified atom stereocenters. The molecule has 0 aromatic rings. The molecule has 3 N–H and O–H groups in total. The summed E-state index contributed by atoms with van der Waals surface area (Å²) in [5.41, 5.74) is 0. The van der Waals surface area contributed by atoms with Gasteiger partial charge >= 0.3 is 5.97 Å². The lowest BCUT2D eigenvalue weighted by Gasteiger charge is -2.20. The molecule has 4 atom stereocenters. The van der Waals surface area contributed by atoms with Crippen molar-refractivity contribution in [3.8, 4) is 0 Å². The van der Waals surface area contributed by atoms with Gasteiger partial charge in [0.1, 0.15) is 18.3 Å². The molecule has 0 bridgehead atoms. The predicted molar refractivity (Wildman–Crippen MR) is 81.3 cm³/mol. The minimum atomic E-state index is -1.16. The molecule has 1 aliphatic rings. The van der Waals surface area contributed by atoms with Gasteiger partial charge in [-0.1, -0.05) is 45.4 Å².